The molecule has 0 atom stereocenters. The molecule has 0 spiro atoms. The average Bonchev–Trinajstić information content (AvgIpc) is 2.81. The van der Waals surface area contributed by atoms with Crippen LogP contribution < -0.4 is 5.32 Å². The second kappa shape index (κ2) is 10.7. The number of halogens is 3. The molecule has 1 aliphatic heterocycles. The Morgan fingerprint density at radius 3 is 2.28 bits per heavy atom. The van der Waals surface area contributed by atoms with E-state index in [1.807, 2.05) is 0 Å². The Labute approximate surface area is 186 Å². The molecule has 0 aliphatic carbocycles. The third kappa shape index (κ3) is 5.90. The van der Waals surface area contributed by atoms with E-state index in [4.69, 9.17) is 0 Å². The van der Waals surface area contributed by atoms with Gasteiger partial charge in [0.15, 0.2) is 0 Å². The molecule has 0 saturated carbocycles. The Kier molecular flexibility index (Phi) is 7.94. The summed E-state index contributed by atoms with van der Waals surface area (Å²) in [7, 11) is 0. The predicted octanol–water partition coefficient (Wildman–Crippen LogP) is 5.53. The van der Waals surface area contributed by atoms with Crippen molar-refractivity contribution in [3.8, 4) is 11.1 Å². The molecular weight excluding hydrogens is 417 g/mol. The first-order valence-corrected chi connectivity index (χ1v) is 11.1. The fourth-order valence-electron chi connectivity index (χ4n) is 4.01. The molecule has 1 aliphatic rings. The lowest BCUT2D eigenvalue weighted by Gasteiger charge is -2.32. The van der Waals surface area contributed by atoms with Gasteiger partial charge in [-0.15, -0.1) is 0 Å². The highest BCUT2D eigenvalue weighted by atomic mass is 19.4. The van der Waals surface area contributed by atoms with E-state index in [-0.39, 0.29) is 17.7 Å². The van der Waals surface area contributed by atoms with Crippen molar-refractivity contribution >= 4 is 11.8 Å². The molecule has 2 aromatic carbocycles. The first-order valence-electron chi connectivity index (χ1n) is 11.1. The lowest BCUT2D eigenvalue weighted by Crippen LogP contribution is -2.43. The van der Waals surface area contributed by atoms with Crippen LogP contribution in [0.15, 0.2) is 48.5 Å². The molecule has 0 aromatic heterocycles. The smallest absolute Gasteiger partial charge is 0.356 e. The summed E-state index contributed by atoms with van der Waals surface area (Å²) >= 11 is 0. The minimum atomic E-state index is -4.40. The van der Waals surface area contributed by atoms with E-state index in [0.717, 1.165) is 31.4 Å². The number of likely N-dealkylation sites (tertiary alicyclic amines) is 1. The molecule has 3 rings (SSSR count). The van der Waals surface area contributed by atoms with Crippen LogP contribution in [0.25, 0.3) is 11.1 Å². The molecule has 32 heavy (non-hydrogen) atoms. The highest BCUT2D eigenvalue weighted by Gasteiger charge is 2.31. The lowest BCUT2D eigenvalue weighted by molar-refractivity contribution is -0.137. The molecule has 0 unspecified atom stereocenters. The van der Waals surface area contributed by atoms with Crippen LogP contribution in [0.3, 0.4) is 0 Å². The summed E-state index contributed by atoms with van der Waals surface area (Å²) in [6.07, 6.45) is -0.0295. The monoisotopic (exact) mass is 446 g/mol. The number of carbonyl (C=O) groups is 2. The average molecular weight is 447 g/mol. The van der Waals surface area contributed by atoms with Gasteiger partial charge in [-0.25, -0.2) is 0 Å². The molecule has 2 aromatic rings. The summed E-state index contributed by atoms with van der Waals surface area (Å²) in [5.74, 6) is -0.202. The zero-order valence-corrected chi connectivity index (χ0v) is 18.3. The molecule has 1 heterocycles. The topological polar surface area (TPSA) is 49.4 Å². The van der Waals surface area contributed by atoms with Crippen LogP contribution in [0.5, 0.6) is 0 Å². The van der Waals surface area contributed by atoms with Crippen molar-refractivity contribution in [3.63, 3.8) is 0 Å². The first kappa shape index (κ1) is 23.8. The molecule has 172 valence electrons. The van der Waals surface area contributed by atoms with Gasteiger partial charge in [0.2, 0.25) is 5.91 Å². The van der Waals surface area contributed by atoms with Gasteiger partial charge in [-0.2, -0.15) is 13.2 Å². The standard InChI is InChI=1S/C25H29F3N2O2/c1-2-3-6-15-29-23(31)19-13-16-30(17-14-19)24(32)22-8-5-4-7-21(22)18-9-11-20(12-10-18)25(26,27)28/h4-5,7-12,19H,2-3,6,13-17H2,1H3,(H,29,31). The van der Waals surface area contributed by atoms with Crippen LogP contribution >= 0.6 is 0 Å². The maximum Gasteiger partial charge on any atom is 0.416 e. The van der Waals surface area contributed by atoms with E-state index in [2.05, 4.69) is 12.2 Å². The van der Waals surface area contributed by atoms with Crippen LogP contribution in [0.1, 0.15) is 54.9 Å². The lowest BCUT2D eigenvalue weighted by atomic mass is 9.93. The maximum absolute atomic E-state index is 13.2. The van der Waals surface area contributed by atoms with E-state index in [9.17, 15) is 22.8 Å². The van der Waals surface area contributed by atoms with Crippen LogP contribution in [0.2, 0.25) is 0 Å². The van der Waals surface area contributed by atoms with Gasteiger partial charge in [0.05, 0.1) is 5.56 Å². The second-order valence-electron chi connectivity index (χ2n) is 8.19. The number of carbonyl (C=O) groups excluding carboxylic acids is 2. The van der Waals surface area contributed by atoms with Gasteiger partial charge in [-0.3, -0.25) is 9.59 Å². The number of nitrogens with one attached hydrogen (secondary N) is 1. The minimum absolute atomic E-state index is 0.0540. The Balaban J connectivity index is 1.65. The molecule has 2 amide bonds. The van der Waals surface area contributed by atoms with Crippen molar-refractivity contribution in [2.45, 2.75) is 45.2 Å². The van der Waals surface area contributed by atoms with Gasteiger partial charge in [-0.05, 0) is 48.6 Å². The highest BCUT2D eigenvalue weighted by molar-refractivity contribution is 6.01. The van der Waals surface area contributed by atoms with Crippen molar-refractivity contribution in [1.82, 2.24) is 10.2 Å². The van der Waals surface area contributed by atoms with Crippen molar-refractivity contribution in [2.24, 2.45) is 5.92 Å². The number of nitrogens with zero attached hydrogens (tertiary/aromatic N) is 1. The number of amides is 2. The van der Waals surface area contributed by atoms with Crippen LogP contribution in [-0.4, -0.2) is 36.3 Å². The van der Waals surface area contributed by atoms with E-state index in [1.165, 1.54) is 12.1 Å². The van der Waals surface area contributed by atoms with E-state index < -0.39 is 11.7 Å². The van der Waals surface area contributed by atoms with Gasteiger partial charge >= 0.3 is 6.18 Å². The number of piperidine rings is 1. The third-order valence-electron chi connectivity index (χ3n) is 5.91. The van der Waals surface area contributed by atoms with E-state index in [0.29, 0.717) is 49.2 Å². The van der Waals surface area contributed by atoms with Gasteiger partial charge < -0.3 is 10.2 Å². The molecule has 4 nitrogen and oxygen atoms in total. The molecule has 1 N–H and O–H groups in total. The quantitative estimate of drug-likeness (QED) is 0.569. The van der Waals surface area contributed by atoms with Gasteiger partial charge in [-0.1, -0.05) is 50.1 Å². The maximum atomic E-state index is 13.2. The number of hydrogen-bond acceptors (Lipinski definition) is 2. The van der Waals surface area contributed by atoms with Crippen molar-refractivity contribution < 1.29 is 22.8 Å². The molecule has 0 bridgehead atoms. The van der Waals surface area contributed by atoms with E-state index in [1.54, 1.807) is 29.2 Å². The fraction of sp³-hybridized carbons (Fsp3) is 0.440. The first-order chi connectivity index (χ1) is 15.3. The SMILES string of the molecule is CCCCCNC(=O)C1CCN(C(=O)c2ccccc2-c2ccc(C(F)(F)F)cc2)CC1. The Morgan fingerprint density at radius 2 is 1.66 bits per heavy atom. The molecule has 0 radical (unpaired) electrons. The minimum Gasteiger partial charge on any atom is -0.356 e. The summed E-state index contributed by atoms with van der Waals surface area (Å²) < 4.78 is 38.6. The van der Waals surface area contributed by atoms with Crippen molar-refractivity contribution in [3.05, 3.63) is 59.7 Å². The van der Waals surface area contributed by atoms with Crippen LogP contribution in [0, 0.1) is 5.92 Å². The fourth-order valence-corrected chi connectivity index (χ4v) is 4.01. The third-order valence-corrected chi connectivity index (χ3v) is 5.91. The summed E-state index contributed by atoms with van der Waals surface area (Å²) in [6, 6.07) is 11.8. The van der Waals surface area contributed by atoms with Crippen molar-refractivity contribution in [2.75, 3.05) is 19.6 Å². The zero-order chi connectivity index (χ0) is 23.1. The number of alkyl halides is 3. The largest absolute Gasteiger partial charge is 0.416 e. The van der Waals surface area contributed by atoms with Crippen molar-refractivity contribution in [1.29, 1.82) is 0 Å². The Hall–Kier alpha value is -2.83. The number of hydrogen-bond donors (Lipinski definition) is 1. The number of unbranched alkanes of at least 4 members (excludes halogenated alkanes) is 2. The van der Waals surface area contributed by atoms with Gasteiger partial charge in [0.25, 0.3) is 5.91 Å². The molecule has 1 saturated heterocycles. The van der Waals surface area contributed by atoms with Crippen LogP contribution in [0.4, 0.5) is 13.2 Å². The normalized spacial score (nSPS) is 14.9. The summed E-state index contributed by atoms with van der Waals surface area (Å²) in [4.78, 5) is 27.3. The zero-order valence-electron chi connectivity index (χ0n) is 18.3. The molecule has 1 fully saturated rings. The molecular formula is C25H29F3N2O2. The number of rotatable bonds is 7. The van der Waals surface area contributed by atoms with Gasteiger partial charge in [0, 0.05) is 31.1 Å². The Bertz CT molecular complexity index is 918. The van der Waals surface area contributed by atoms with E-state index >= 15 is 0 Å². The van der Waals surface area contributed by atoms with Crippen LogP contribution in [-0.2, 0) is 11.0 Å². The summed E-state index contributed by atoms with van der Waals surface area (Å²) in [6.45, 7) is 3.76. The summed E-state index contributed by atoms with van der Waals surface area (Å²) in [5.41, 5.74) is 0.889. The Morgan fingerprint density at radius 1 is 1.00 bits per heavy atom. The van der Waals surface area contributed by atoms with Gasteiger partial charge in [0.1, 0.15) is 0 Å². The second-order valence-corrected chi connectivity index (χ2v) is 8.19. The highest BCUT2D eigenvalue weighted by Crippen LogP contribution is 2.32. The predicted molar refractivity (Wildman–Crippen MR) is 118 cm³/mol. The molecule has 7 heteroatoms. The summed E-state index contributed by atoms with van der Waals surface area (Å²) in [5, 5.41) is 2.99. The number of benzene rings is 2.